The van der Waals surface area contributed by atoms with E-state index < -0.39 is 5.97 Å². The number of hydrogen-bond acceptors (Lipinski definition) is 4. The fourth-order valence-electron chi connectivity index (χ4n) is 2.23. The summed E-state index contributed by atoms with van der Waals surface area (Å²) >= 11 is 0. The van der Waals surface area contributed by atoms with Crippen LogP contribution in [0.1, 0.15) is 40.5 Å². The molecule has 0 atom stereocenters. The second-order valence-electron chi connectivity index (χ2n) is 4.90. The van der Waals surface area contributed by atoms with Crippen LogP contribution in [0.15, 0.2) is 12.4 Å². The summed E-state index contributed by atoms with van der Waals surface area (Å²) in [6.07, 6.45) is 6.59. The number of aromatic carboxylic acids is 1. The van der Waals surface area contributed by atoms with Crippen molar-refractivity contribution in [2.45, 2.75) is 31.7 Å². The molecule has 0 aliphatic heterocycles. The molecule has 1 aliphatic carbocycles. The smallest absolute Gasteiger partial charge is 0.358 e. The van der Waals surface area contributed by atoms with Crippen LogP contribution in [0, 0.1) is 0 Å². The highest BCUT2D eigenvalue weighted by Gasteiger charge is 2.33. The van der Waals surface area contributed by atoms with Crippen molar-refractivity contribution in [3.63, 3.8) is 0 Å². The molecule has 1 aliphatic rings. The Morgan fingerprint density at radius 1 is 1.53 bits per heavy atom. The third-order valence-corrected chi connectivity index (χ3v) is 3.31. The number of nitrogens with zero attached hydrogens (tertiary/aromatic N) is 5. The number of rotatable bonds is 5. The summed E-state index contributed by atoms with van der Waals surface area (Å²) in [7, 11) is 1.87. The highest BCUT2D eigenvalue weighted by Crippen LogP contribution is 2.41. The summed E-state index contributed by atoms with van der Waals surface area (Å²) in [5.41, 5.74) is 1.99. The molecular formula is C12H15N5O2. The van der Waals surface area contributed by atoms with Crippen molar-refractivity contribution in [1.29, 1.82) is 0 Å². The molecule has 3 rings (SSSR count). The van der Waals surface area contributed by atoms with Gasteiger partial charge in [-0.15, -0.1) is 5.10 Å². The van der Waals surface area contributed by atoms with Gasteiger partial charge in [0.15, 0.2) is 5.69 Å². The van der Waals surface area contributed by atoms with E-state index in [1.54, 1.807) is 9.36 Å². The molecule has 100 valence electrons. The molecule has 0 saturated heterocycles. The van der Waals surface area contributed by atoms with Gasteiger partial charge in [0, 0.05) is 25.7 Å². The van der Waals surface area contributed by atoms with Gasteiger partial charge in [-0.3, -0.25) is 4.68 Å². The van der Waals surface area contributed by atoms with E-state index >= 15 is 0 Å². The monoisotopic (exact) mass is 261 g/mol. The van der Waals surface area contributed by atoms with Crippen molar-refractivity contribution in [3.8, 4) is 0 Å². The lowest BCUT2D eigenvalue weighted by Crippen LogP contribution is -2.09. The van der Waals surface area contributed by atoms with E-state index in [9.17, 15) is 4.79 Å². The van der Waals surface area contributed by atoms with Crippen molar-refractivity contribution in [2.75, 3.05) is 0 Å². The number of carbonyl (C=O) groups is 1. The molecule has 7 heteroatoms. The van der Waals surface area contributed by atoms with Crippen LogP contribution < -0.4 is 0 Å². The summed E-state index contributed by atoms with van der Waals surface area (Å²) in [5.74, 6) is -0.676. The van der Waals surface area contributed by atoms with Gasteiger partial charge in [-0.05, 0) is 24.8 Å². The molecule has 0 unspecified atom stereocenters. The average Bonchev–Trinajstić information content (AvgIpc) is 2.98. The molecule has 1 N–H and O–H groups in total. The Labute approximate surface area is 109 Å². The van der Waals surface area contributed by atoms with Crippen LogP contribution in [0.4, 0.5) is 0 Å². The zero-order valence-electron chi connectivity index (χ0n) is 10.7. The molecule has 0 bridgehead atoms. The molecule has 2 heterocycles. The van der Waals surface area contributed by atoms with E-state index in [1.807, 2.05) is 19.4 Å². The van der Waals surface area contributed by atoms with Crippen molar-refractivity contribution >= 4 is 5.97 Å². The third kappa shape index (κ3) is 2.35. The Balaban J connectivity index is 1.79. The third-order valence-electron chi connectivity index (χ3n) is 3.31. The van der Waals surface area contributed by atoms with Gasteiger partial charge in [0.05, 0.1) is 11.9 Å². The highest BCUT2D eigenvalue weighted by atomic mass is 16.4. The topological polar surface area (TPSA) is 85.8 Å². The summed E-state index contributed by atoms with van der Waals surface area (Å²) in [5, 5.41) is 21.0. The van der Waals surface area contributed by atoms with Gasteiger partial charge in [0.2, 0.25) is 0 Å². The Kier molecular flexibility index (Phi) is 2.81. The maximum Gasteiger partial charge on any atom is 0.358 e. The first-order valence-corrected chi connectivity index (χ1v) is 6.29. The standard InChI is InChI=1S/C12H15N5O2/c1-16-7-8(6-13-16)4-5-17-11(9-2-3-9)10(12(18)19)14-15-17/h6-7,9H,2-5H2,1H3,(H,18,19). The number of carboxylic acids is 1. The first-order chi connectivity index (χ1) is 9.15. The maximum atomic E-state index is 11.1. The summed E-state index contributed by atoms with van der Waals surface area (Å²) in [6, 6.07) is 0. The van der Waals surface area contributed by atoms with Crippen LogP contribution in [-0.4, -0.2) is 35.9 Å². The molecule has 0 spiro atoms. The molecule has 19 heavy (non-hydrogen) atoms. The van der Waals surface area contributed by atoms with Crippen LogP contribution in [0.3, 0.4) is 0 Å². The van der Waals surface area contributed by atoms with Crippen LogP contribution in [-0.2, 0) is 20.0 Å². The quantitative estimate of drug-likeness (QED) is 0.861. The summed E-state index contributed by atoms with van der Waals surface area (Å²) in [4.78, 5) is 11.1. The fourth-order valence-corrected chi connectivity index (χ4v) is 2.23. The van der Waals surface area contributed by atoms with Gasteiger partial charge >= 0.3 is 5.97 Å². The van der Waals surface area contributed by atoms with Crippen molar-refractivity contribution in [2.24, 2.45) is 7.05 Å². The lowest BCUT2D eigenvalue weighted by molar-refractivity contribution is 0.0689. The van der Waals surface area contributed by atoms with Gasteiger partial charge in [-0.1, -0.05) is 5.21 Å². The lowest BCUT2D eigenvalue weighted by Gasteiger charge is -2.04. The van der Waals surface area contributed by atoms with E-state index in [1.165, 1.54) is 0 Å². The summed E-state index contributed by atoms with van der Waals surface area (Å²) < 4.78 is 3.48. The first-order valence-electron chi connectivity index (χ1n) is 6.29. The lowest BCUT2D eigenvalue weighted by atomic mass is 10.2. The van der Waals surface area contributed by atoms with Crippen molar-refractivity contribution in [1.82, 2.24) is 24.8 Å². The molecular weight excluding hydrogens is 246 g/mol. The number of carboxylic acid groups (broad SMARTS) is 1. The van der Waals surface area contributed by atoms with E-state index in [0.29, 0.717) is 12.5 Å². The van der Waals surface area contributed by atoms with E-state index in [4.69, 9.17) is 5.11 Å². The van der Waals surface area contributed by atoms with Gasteiger partial charge < -0.3 is 5.11 Å². The zero-order valence-corrected chi connectivity index (χ0v) is 10.7. The maximum absolute atomic E-state index is 11.1. The van der Waals surface area contributed by atoms with Crippen LogP contribution >= 0.6 is 0 Å². The average molecular weight is 261 g/mol. The number of aryl methyl sites for hydroxylation is 3. The first kappa shape index (κ1) is 11.9. The molecule has 1 fully saturated rings. The fraction of sp³-hybridized carbons (Fsp3) is 0.500. The van der Waals surface area contributed by atoms with Crippen LogP contribution in [0.5, 0.6) is 0 Å². The van der Waals surface area contributed by atoms with Gasteiger partial charge in [-0.25, -0.2) is 9.48 Å². The Hall–Kier alpha value is -2.18. The van der Waals surface area contributed by atoms with E-state index in [2.05, 4.69) is 15.4 Å². The summed E-state index contributed by atoms with van der Waals surface area (Å²) in [6.45, 7) is 0.637. The second kappa shape index (κ2) is 4.49. The minimum absolute atomic E-state index is 0.105. The number of aromatic nitrogens is 5. The van der Waals surface area contributed by atoms with Crippen molar-refractivity contribution in [3.05, 3.63) is 29.3 Å². The molecule has 0 amide bonds. The Bertz CT molecular complexity index is 611. The molecule has 7 nitrogen and oxygen atoms in total. The Morgan fingerprint density at radius 2 is 2.32 bits per heavy atom. The van der Waals surface area contributed by atoms with Crippen LogP contribution in [0.2, 0.25) is 0 Å². The van der Waals surface area contributed by atoms with Crippen molar-refractivity contribution < 1.29 is 9.90 Å². The minimum Gasteiger partial charge on any atom is -0.476 e. The second-order valence-corrected chi connectivity index (χ2v) is 4.90. The van der Waals surface area contributed by atoms with Gasteiger partial charge in [0.1, 0.15) is 0 Å². The molecule has 1 saturated carbocycles. The SMILES string of the molecule is Cn1cc(CCn2nnc(C(=O)O)c2C2CC2)cn1. The number of hydrogen-bond donors (Lipinski definition) is 1. The molecule has 2 aromatic heterocycles. The molecule has 0 aromatic carbocycles. The molecule has 0 radical (unpaired) electrons. The van der Waals surface area contributed by atoms with Gasteiger partial charge in [0.25, 0.3) is 0 Å². The zero-order chi connectivity index (χ0) is 13.4. The normalized spacial score (nSPS) is 14.8. The molecule has 2 aromatic rings. The predicted molar refractivity (Wildman–Crippen MR) is 65.9 cm³/mol. The predicted octanol–water partition coefficient (Wildman–Crippen LogP) is 0.830. The largest absolute Gasteiger partial charge is 0.476 e. The van der Waals surface area contributed by atoms with E-state index in [0.717, 1.165) is 30.5 Å². The van der Waals surface area contributed by atoms with Gasteiger partial charge in [-0.2, -0.15) is 5.10 Å². The highest BCUT2D eigenvalue weighted by molar-refractivity contribution is 5.86. The van der Waals surface area contributed by atoms with E-state index in [-0.39, 0.29) is 5.69 Å². The minimum atomic E-state index is -0.991. The van der Waals surface area contributed by atoms with Crippen LogP contribution in [0.25, 0.3) is 0 Å². The Morgan fingerprint density at radius 3 is 2.89 bits per heavy atom.